The van der Waals surface area contributed by atoms with Crippen LogP contribution in [0.4, 0.5) is 0 Å². The summed E-state index contributed by atoms with van der Waals surface area (Å²) in [5, 5.41) is 6.50. The summed E-state index contributed by atoms with van der Waals surface area (Å²) in [7, 11) is 2.79. The predicted octanol–water partition coefficient (Wildman–Crippen LogP) is 3.49. The van der Waals surface area contributed by atoms with Crippen LogP contribution >= 0.6 is 9.24 Å². The molecule has 3 aromatic carbocycles. The standard InChI is InChI=1S/C14H11P/c15-14-7-3-6-12-8-10-4-1-2-5-11(10)9-13(12)14/h1-9H,15H2. The average Bonchev–Trinajstić information content (AvgIpc) is 2.27. The SMILES string of the molecule is Pc1cccc2cc3ccccc3cc12. The van der Waals surface area contributed by atoms with Gasteiger partial charge >= 0.3 is 0 Å². The van der Waals surface area contributed by atoms with Crippen molar-refractivity contribution in [3.8, 4) is 0 Å². The van der Waals surface area contributed by atoms with Crippen LogP contribution in [0.1, 0.15) is 0 Å². The number of hydrogen-bond acceptors (Lipinski definition) is 0. The third kappa shape index (κ3) is 1.42. The van der Waals surface area contributed by atoms with Gasteiger partial charge in [-0.15, -0.1) is 9.24 Å². The highest BCUT2D eigenvalue weighted by molar-refractivity contribution is 7.28. The van der Waals surface area contributed by atoms with Crippen LogP contribution in [0.3, 0.4) is 0 Å². The minimum Gasteiger partial charge on any atom is -0.105 e. The van der Waals surface area contributed by atoms with Crippen molar-refractivity contribution in [2.24, 2.45) is 0 Å². The van der Waals surface area contributed by atoms with Crippen molar-refractivity contribution in [2.45, 2.75) is 0 Å². The summed E-state index contributed by atoms with van der Waals surface area (Å²) in [6, 6.07) is 19.4. The first-order chi connectivity index (χ1) is 7.34. The minimum atomic E-state index is 1.26. The summed E-state index contributed by atoms with van der Waals surface area (Å²) < 4.78 is 0. The second kappa shape index (κ2) is 3.32. The fourth-order valence-electron chi connectivity index (χ4n) is 1.99. The van der Waals surface area contributed by atoms with E-state index in [1.807, 2.05) is 0 Å². The van der Waals surface area contributed by atoms with Crippen molar-refractivity contribution in [3.05, 3.63) is 54.6 Å². The molecule has 0 saturated carbocycles. The van der Waals surface area contributed by atoms with E-state index < -0.39 is 0 Å². The smallest absolute Gasteiger partial charge is 0.0106 e. The molecule has 0 nitrogen and oxygen atoms in total. The first-order valence-corrected chi connectivity index (χ1v) is 5.59. The fraction of sp³-hybridized carbons (Fsp3) is 0. The van der Waals surface area contributed by atoms with Crippen molar-refractivity contribution in [3.63, 3.8) is 0 Å². The molecule has 0 saturated heterocycles. The molecule has 0 heterocycles. The third-order valence-electron chi connectivity index (χ3n) is 2.78. The molecular formula is C14H11P. The zero-order valence-corrected chi connectivity index (χ0v) is 9.43. The molecule has 0 aromatic heterocycles. The largest absolute Gasteiger partial charge is 0.105 e. The van der Waals surface area contributed by atoms with Crippen LogP contribution in [0.25, 0.3) is 21.5 Å². The molecule has 0 radical (unpaired) electrons. The lowest BCUT2D eigenvalue weighted by molar-refractivity contribution is 1.79. The fourth-order valence-corrected chi connectivity index (χ4v) is 2.35. The zero-order valence-electron chi connectivity index (χ0n) is 8.27. The van der Waals surface area contributed by atoms with Gasteiger partial charge < -0.3 is 0 Å². The molecule has 0 aliphatic rings. The van der Waals surface area contributed by atoms with E-state index in [1.54, 1.807) is 0 Å². The number of hydrogen-bond donors (Lipinski definition) is 0. The summed E-state index contributed by atoms with van der Waals surface area (Å²) in [5.41, 5.74) is 0. The Labute approximate surface area is 91.1 Å². The van der Waals surface area contributed by atoms with Crippen molar-refractivity contribution in [1.82, 2.24) is 0 Å². The number of rotatable bonds is 0. The van der Waals surface area contributed by atoms with Gasteiger partial charge in [0.1, 0.15) is 0 Å². The van der Waals surface area contributed by atoms with Gasteiger partial charge in [-0.2, -0.15) is 0 Å². The van der Waals surface area contributed by atoms with E-state index in [0.717, 1.165) is 0 Å². The monoisotopic (exact) mass is 210 g/mol. The van der Waals surface area contributed by atoms with Gasteiger partial charge in [-0.05, 0) is 39.0 Å². The van der Waals surface area contributed by atoms with Crippen LogP contribution in [0, 0.1) is 0 Å². The topological polar surface area (TPSA) is 0 Å². The first-order valence-electron chi connectivity index (χ1n) is 5.01. The Hall–Kier alpha value is -1.39. The van der Waals surface area contributed by atoms with Gasteiger partial charge in [0, 0.05) is 0 Å². The van der Waals surface area contributed by atoms with Crippen molar-refractivity contribution in [2.75, 3.05) is 0 Å². The second-order valence-corrected chi connectivity index (χ2v) is 4.39. The van der Waals surface area contributed by atoms with Gasteiger partial charge in [-0.25, -0.2) is 0 Å². The summed E-state index contributed by atoms with van der Waals surface area (Å²) in [5.74, 6) is 0. The molecule has 0 amide bonds. The maximum absolute atomic E-state index is 2.79. The van der Waals surface area contributed by atoms with Crippen LogP contribution in [0.15, 0.2) is 54.6 Å². The molecule has 1 unspecified atom stereocenters. The van der Waals surface area contributed by atoms with Crippen molar-refractivity contribution in [1.29, 1.82) is 0 Å². The lowest BCUT2D eigenvalue weighted by atomic mass is 10.0. The number of fused-ring (bicyclic) bond motifs is 2. The lowest BCUT2D eigenvalue weighted by Crippen LogP contribution is -1.91. The van der Waals surface area contributed by atoms with Crippen molar-refractivity contribution >= 4 is 36.1 Å². The van der Waals surface area contributed by atoms with Gasteiger partial charge in [0.25, 0.3) is 0 Å². The molecule has 0 fully saturated rings. The molecule has 1 heteroatoms. The number of benzene rings is 3. The van der Waals surface area contributed by atoms with E-state index in [1.165, 1.54) is 26.8 Å². The van der Waals surface area contributed by atoms with Gasteiger partial charge in [0.15, 0.2) is 0 Å². The highest BCUT2D eigenvalue weighted by atomic mass is 31.0. The maximum atomic E-state index is 2.79. The van der Waals surface area contributed by atoms with Crippen LogP contribution in [0.2, 0.25) is 0 Å². The quantitative estimate of drug-likeness (QED) is 0.393. The van der Waals surface area contributed by atoms with E-state index in [4.69, 9.17) is 0 Å². The average molecular weight is 210 g/mol. The molecule has 0 spiro atoms. The lowest BCUT2D eigenvalue weighted by Gasteiger charge is -2.04. The van der Waals surface area contributed by atoms with E-state index in [-0.39, 0.29) is 0 Å². The minimum absolute atomic E-state index is 1.26. The van der Waals surface area contributed by atoms with Gasteiger partial charge in [-0.3, -0.25) is 0 Å². The molecule has 0 aliphatic carbocycles. The summed E-state index contributed by atoms with van der Waals surface area (Å²) >= 11 is 0. The molecule has 15 heavy (non-hydrogen) atoms. The van der Waals surface area contributed by atoms with Crippen LogP contribution in [-0.2, 0) is 0 Å². The summed E-state index contributed by atoms with van der Waals surface area (Å²) in [6.07, 6.45) is 0. The Morgan fingerprint density at radius 2 is 1.33 bits per heavy atom. The Bertz CT molecular complexity index is 641. The van der Waals surface area contributed by atoms with Gasteiger partial charge in [0.05, 0.1) is 0 Å². The van der Waals surface area contributed by atoms with E-state index >= 15 is 0 Å². The van der Waals surface area contributed by atoms with Crippen LogP contribution in [-0.4, -0.2) is 0 Å². The highest BCUT2D eigenvalue weighted by Crippen LogP contribution is 2.22. The zero-order chi connectivity index (χ0) is 10.3. The van der Waals surface area contributed by atoms with E-state index in [9.17, 15) is 0 Å². The molecule has 3 rings (SSSR count). The summed E-state index contributed by atoms with van der Waals surface area (Å²) in [4.78, 5) is 0. The summed E-state index contributed by atoms with van der Waals surface area (Å²) in [6.45, 7) is 0. The molecule has 3 aromatic rings. The Balaban J connectivity index is 2.53. The normalized spacial score (nSPS) is 11.0. The second-order valence-electron chi connectivity index (χ2n) is 3.77. The van der Waals surface area contributed by atoms with Crippen molar-refractivity contribution < 1.29 is 0 Å². The molecule has 0 N–H and O–H groups in total. The molecule has 72 valence electrons. The maximum Gasteiger partial charge on any atom is -0.0106 e. The van der Waals surface area contributed by atoms with Gasteiger partial charge in [-0.1, -0.05) is 42.5 Å². The molecule has 1 atom stereocenters. The molecule has 0 aliphatic heterocycles. The predicted molar refractivity (Wildman–Crippen MR) is 70.8 cm³/mol. The van der Waals surface area contributed by atoms with Crippen LogP contribution < -0.4 is 5.30 Å². The Morgan fingerprint density at radius 1 is 0.667 bits per heavy atom. The highest BCUT2D eigenvalue weighted by Gasteiger charge is 1.98. The van der Waals surface area contributed by atoms with E-state index in [2.05, 4.69) is 63.8 Å². The molecular weight excluding hydrogens is 199 g/mol. The third-order valence-corrected chi connectivity index (χ3v) is 3.28. The first kappa shape index (κ1) is 8.88. The van der Waals surface area contributed by atoms with Gasteiger partial charge in [0.2, 0.25) is 0 Å². The Kier molecular flexibility index (Phi) is 1.97. The Morgan fingerprint density at radius 3 is 2.13 bits per heavy atom. The molecule has 0 bridgehead atoms. The van der Waals surface area contributed by atoms with E-state index in [0.29, 0.717) is 0 Å². The van der Waals surface area contributed by atoms with Crippen LogP contribution in [0.5, 0.6) is 0 Å².